The van der Waals surface area contributed by atoms with Gasteiger partial charge >= 0.3 is 0 Å². The van der Waals surface area contributed by atoms with Crippen LogP contribution in [0, 0.1) is 0 Å². The number of nitrogens with one attached hydrogen (secondary N) is 1. The predicted molar refractivity (Wildman–Crippen MR) is 74.8 cm³/mol. The molecule has 18 heavy (non-hydrogen) atoms. The molecule has 0 spiro atoms. The number of hydrogen-bond donors (Lipinski definition) is 1. The van der Waals surface area contributed by atoms with Gasteiger partial charge in [0.2, 0.25) is 0 Å². The van der Waals surface area contributed by atoms with E-state index < -0.39 is 5.79 Å². The molecule has 1 aliphatic rings. The third-order valence-electron chi connectivity index (χ3n) is 3.52. The maximum absolute atomic E-state index is 5.61. The highest BCUT2D eigenvalue weighted by Gasteiger charge is 2.27. The Morgan fingerprint density at radius 3 is 2.39 bits per heavy atom. The first-order valence-corrected chi connectivity index (χ1v) is 7.12. The molecule has 0 bridgehead atoms. The topological polar surface area (TPSA) is 33.7 Å². The van der Waals surface area contributed by atoms with Gasteiger partial charge in [0.15, 0.2) is 5.79 Å². The van der Waals surface area contributed by atoms with Crippen molar-refractivity contribution in [3.8, 4) is 0 Å². The Labute approximate surface area is 112 Å². The van der Waals surface area contributed by atoms with E-state index >= 15 is 0 Å². The van der Waals surface area contributed by atoms with Crippen molar-refractivity contribution in [3.05, 3.63) is 0 Å². The molecule has 0 aromatic carbocycles. The van der Waals surface area contributed by atoms with Gasteiger partial charge in [0.05, 0.1) is 19.3 Å². The van der Waals surface area contributed by atoms with E-state index in [1.165, 1.54) is 19.4 Å². The smallest absolute Gasteiger partial charge is 0.162 e. The van der Waals surface area contributed by atoms with Crippen molar-refractivity contribution < 1.29 is 9.47 Å². The number of nitrogens with zero attached hydrogens (tertiary/aromatic N) is 1. The van der Waals surface area contributed by atoms with Gasteiger partial charge in [-0.1, -0.05) is 0 Å². The molecule has 0 unspecified atom stereocenters. The van der Waals surface area contributed by atoms with Crippen LogP contribution in [0.25, 0.3) is 0 Å². The van der Waals surface area contributed by atoms with Crippen LogP contribution in [-0.2, 0) is 9.47 Å². The molecule has 0 aromatic heterocycles. The summed E-state index contributed by atoms with van der Waals surface area (Å²) in [6, 6.07) is 0.987. The molecule has 1 aliphatic heterocycles. The fourth-order valence-electron chi connectivity index (χ4n) is 1.86. The fourth-order valence-corrected chi connectivity index (χ4v) is 1.86. The maximum Gasteiger partial charge on any atom is 0.162 e. The van der Waals surface area contributed by atoms with E-state index in [9.17, 15) is 0 Å². The van der Waals surface area contributed by atoms with Crippen LogP contribution in [0.2, 0.25) is 0 Å². The average molecular weight is 258 g/mol. The molecular formula is C14H30N2O2. The number of rotatable bonds is 7. The number of hydrogen-bond acceptors (Lipinski definition) is 4. The molecule has 0 aliphatic carbocycles. The van der Waals surface area contributed by atoms with Gasteiger partial charge in [-0.2, -0.15) is 0 Å². The van der Waals surface area contributed by atoms with E-state index in [4.69, 9.17) is 9.47 Å². The SMILES string of the molecule is CC(C)N(C)CCCCNC1COC(C)(C)OC1. The summed E-state index contributed by atoms with van der Waals surface area (Å²) < 4.78 is 11.2. The van der Waals surface area contributed by atoms with Crippen molar-refractivity contribution in [2.45, 2.75) is 58.4 Å². The lowest BCUT2D eigenvalue weighted by atomic mass is 10.2. The molecule has 0 aromatic rings. The standard InChI is InChI=1S/C14H30N2O2/c1-12(2)16(5)9-7-6-8-15-13-10-17-14(3,4)18-11-13/h12-13,15H,6-11H2,1-5H3. The lowest BCUT2D eigenvalue weighted by Crippen LogP contribution is -2.48. The zero-order valence-electron chi connectivity index (χ0n) is 12.7. The molecule has 0 atom stereocenters. The van der Waals surface area contributed by atoms with Crippen LogP contribution in [-0.4, -0.2) is 56.1 Å². The third kappa shape index (κ3) is 6.14. The van der Waals surface area contributed by atoms with Crippen LogP contribution in [0.5, 0.6) is 0 Å². The summed E-state index contributed by atoms with van der Waals surface area (Å²) in [4.78, 5) is 2.38. The van der Waals surface area contributed by atoms with Crippen LogP contribution in [0.3, 0.4) is 0 Å². The summed E-state index contributed by atoms with van der Waals surface area (Å²) in [5.74, 6) is -0.405. The monoisotopic (exact) mass is 258 g/mol. The van der Waals surface area contributed by atoms with Gasteiger partial charge in [0.1, 0.15) is 0 Å². The molecule has 1 rings (SSSR count). The van der Waals surface area contributed by atoms with Gasteiger partial charge < -0.3 is 19.7 Å². The minimum Gasteiger partial charge on any atom is -0.349 e. The molecule has 0 radical (unpaired) electrons. The van der Waals surface area contributed by atoms with Crippen LogP contribution in [0.15, 0.2) is 0 Å². The normalized spacial score (nSPS) is 20.8. The fraction of sp³-hybridized carbons (Fsp3) is 1.00. The van der Waals surface area contributed by atoms with Gasteiger partial charge in [0, 0.05) is 6.04 Å². The van der Waals surface area contributed by atoms with E-state index in [-0.39, 0.29) is 0 Å². The quantitative estimate of drug-likeness (QED) is 0.707. The summed E-state index contributed by atoms with van der Waals surface area (Å²) in [5.41, 5.74) is 0. The molecule has 4 nitrogen and oxygen atoms in total. The summed E-state index contributed by atoms with van der Waals surface area (Å²) >= 11 is 0. The van der Waals surface area contributed by atoms with Crippen LogP contribution >= 0.6 is 0 Å². The Kier molecular flexibility index (Phi) is 6.57. The van der Waals surface area contributed by atoms with Gasteiger partial charge in [-0.25, -0.2) is 0 Å². The summed E-state index contributed by atoms with van der Waals surface area (Å²) in [5, 5.41) is 3.49. The minimum absolute atomic E-state index is 0.348. The first-order chi connectivity index (χ1) is 8.41. The van der Waals surface area contributed by atoms with E-state index in [2.05, 4.69) is 31.1 Å². The second-order valence-corrected chi connectivity index (χ2v) is 5.95. The van der Waals surface area contributed by atoms with E-state index in [0.717, 1.165) is 19.8 Å². The Morgan fingerprint density at radius 1 is 1.22 bits per heavy atom. The maximum atomic E-state index is 5.61. The average Bonchev–Trinajstić information content (AvgIpc) is 2.30. The first kappa shape index (κ1) is 15.9. The highest BCUT2D eigenvalue weighted by molar-refractivity contribution is 4.73. The molecule has 0 amide bonds. The Balaban J connectivity index is 1.99. The molecule has 4 heteroatoms. The van der Waals surface area contributed by atoms with Crippen molar-refractivity contribution in [2.24, 2.45) is 0 Å². The molecule has 1 saturated heterocycles. The first-order valence-electron chi connectivity index (χ1n) is 7.12. The molecule has 1 fully saturated rings. The third-order valence-corrected chi connectivity index (χ3v) is 3.52. The van der Waals surface area contributed by atoms with Gasteiger partial charge in [-0.3, -0.25) is 0 Å². The molecule has 0 saturated carbocycles. The van der Waals surface area contributed by atoms with Crippen molar-refractivity contribution >= 4 is 0 Å². The number of ether oxygens (including phenoxy) is 2. The predicted octanol–water partition coefficient (Wildman–Crippen LogP) is 1.85. The summed E-state index contributed by atoms with van der Waals surface area (Å²) in [7, 11) is 2.18. The van der Waals surface area contributed by atoms with Crippen LogP contribution in [0.1, 0.15) is 40.5 Å². The van der Waals surface area contributed by atoms with Crippen molar-refractivity contribution in [2.75, 3.05) is 33.4 Å². The van der Waals surface area contributed by atoms with Crippen molar-refractivity contribution in [1.82, 2.24) is 10.2 Å². The van der Waals surface area contributed by atoms with E-state index in [1.807, 2.05) is 13.8 Å². The molecule has 108 valence electrons. The Hall–Kier alpha value is -0.160. The van der Waals surface area contributed by atoms with Gasteiger partial charge in [-0.15, -0.1) is 0 Å². The Bertz CT molecular complexity index is 222. The lowest BCUT2D eigenvalue weighted by molar-refractivity contribution is -0.252. The van der Waals surface area contributed by atoms with Crippen molar-refractivity contribution in [3.63, 3.8) is 0 Å². The molecule has 1 N–H and O–H groups in total. The van der Waals surface area contributed by atoms with Gasteiger partial charge in [-0.05, 0) is 60.7 Å². The zero-order valence-corrected chi connectivity index (χ0v) is 12.7. The second-order valence-electron chi connectivity index (χ2n) is 5.95. The Morgan fingerprint density at radius 2 is 1.83 bits per heavy atom. The summed E-state index contributed by atoms with van der Waals surface area (Å²) in [6.07, 6.45) is 2.44. The highest BCUT2D eigenvalue weighted by Crippen LogP contribution is 2.16. The van der Waals surface area contributed by atoms with Crippen molar-refractivity contribution in [1.29, 1.82) is 0 Å². The van der Waals surface area contributed by atoms with Crippen LogP contribution < -0.4 is 5.32 Å². The molecular weight excluding hydrogens is 228 g/mol. The number of unbranched alkanes of at least 4 members (excludes halogenated alkanes) is 1. The van der Waals surface area contributed by atoms with Crippen LogP contribution in [0.4, 0.5) is 0 Å². The zero-order chi connectivity index (χ0) is 13.6. The van der Waals surface area contributed by atoms with E-state index in [0.29, 0.717) is 12.1 Å². The van der Waals surface area contributed by atoms with E-state index in [1.54, 1.807) is 0 Å². The second kappa shape index (κ2) is 7.43. The largest absolute Gasteiger partial charge is 0.349 e. The minimum atomic E-state index is -0.405. The lowest BCUT2D eigenvalue weighted by Gasteiger charge is -2.35. The highest BCUT2D eigenvalue weighted by atomic mass is 16.7. The summed E-state index contributed by atoms with van der Waals surface area (Å²) in [6.45, 7) is 12.1. The van der Waals surface area contributed by atoms with Gasteiger partial charge in [0.25, 0.3) is 0 Å². The molecule has 1 heterocycles.